The molecule has 2 aromatic carbocycles. The summed E-state index contributed by atoms with van der Waals surface area (Å²) in [7, 11) is 2.74. The van der Waals surface area contributed by atoms with E-state index in [1.807, 2.05) is 25.7 Å². The van der Waals surface area contributed by atoms with E-state index in [1.165, 1.54) is 19.1 Å². The van der Waals surface area contributed by atoms with Gasteiger partial charge in [-0.3, -0.25) is 15.0 Å². The summed E-state index contributed by atoms with van der Waals surface area (Å²) in [5, 5.41) is 27.2. The molecule has 43 heavy (non-hydrogen) atoms. The third-order valence-electron chi connectivity index (χ3n) is 7.63. The molecule has 12 heteroatoms. The van der Waals surface area contributed by atoms with Gasteiger partial charge >= 0.3 is 5.97 Å². The number of hydrogen-bond acceptors (Lipinski definition) is 8. The Bertz CT molecular complexity index is 1450. The van der Waals surface area contributed by atoms with E-state index in [-0.39, 0.29) is 77.7 Å². The number of nitriles is 1. The van der Waals surface area contributed by atoms with Crippen molar-refractivity contribution in [3.05, 3.63) is 46.3 Å². The average Bonchev–Trinajstić information content (AvgIpc) is 3.54. The molecule has 0 amide bonds. The molecule has 2 aliphatic heterocycles. The zero-order valence-electron chi connectivity index (χ0n) is 25.1. The van der Waals surface area contributed by atoms with Crippen LogP contribution in [-0.4, -0.2) is 68.1 Å². The molecule has 0 radical (unpaired) electrons. The van der Waals surface area contributed by atoms with E-state index < -0.39 is 17.2 Å². The topological polar surface area (TPSA) is 136 Å². The smallest absolute Gasteiger partial charge is 0.303 e. The van der Waals surface area contributed by atoms with Gasteiger partial charge in [-0.05, 0) is 42.0 Å². The molecule has 0 aromatic heterocycles. The van der Waals surface area contributed by atoms with Crippen LogP contribution in [0.1, 0.15) is 67.1 Å². The van der Waals surface area contributed by atoms with E-state index in [1.54, 1.807) is 18.2 Å². The lowest BCUT2D eigenvalue weighted by molar-refractivity contribution is -0.137. The summed E-state index contributed by atoms with van der Waals surface area (Å²) in [4.78, 5) is 28.4. The highest BCUT2D eigenvalue weighted by atomic mass is 79.9. The van der Waals surface area contributed by atoms with E-state index in [0.29, 0.717) is 48.5 Å². The zero-order valence-corrected chi connectivity index (χ0v) is 26.8. The first-order valence-corrected chi connectivity index (χ1v) is 13.9. The number of rotatable bonds is 11. The van der Waals surface area contributed by atoms with Crippen LogP contribution in [-0.2, 0) is 16.8 Å². The van der Waals surface area contributed by atoms with Crippen molar-refractivity contribution in [3.8, 4) is 23.3 Å². The normalized spacial score (nSPS) is 15.9. The molecular formula is C31H38BrFN4O6. The molecule has 1 atom stereocenters. The summed E-state index contributed by atoms with van der Waals surface area (Å²) >= 11 is 0. The minimum absolute atomic E-state index is 0. The molecule has 1 fully saturated rings. The Hall–Kier alpha value is -3.85. The van der Waals surface area contributed by atoms with Crippen molar-refractivity contribution in [2.24, 2.45) is 5.92 Å². The minimum atomic E-state index is -0.904. The van der Waals surface area contributed by atoms with Crippen LogP contribution in [0, 0.1) is 28.5 Å². The van der Waals surface area contributed by atoms with Crippen LogP contribution in [0.5, 0.6) is 17.2 Å². The molecule has 4 rings (SSSR count). The van der Waals surface area contributed by atoms with E-state index in [2.05, 4.69) is 6.07 Å². The maximum atomic E-state index is 15.3. The average molecular weight is 662 g/mol. The van der Waals surface area contributed by atoms with Crippen molar-refractivity contribution < 1.29 is 33.3 Å². The number of amidine groups is 1. The fourth-order valence-corrected chi connectivity index (χ4v) is 5.42. The highest BCUT2D eigenvalue weighted by Crippen LogP contribution is 2.43. The highest BCUT2D eigenvalue weighted by Gasteiger charge is 2.34. The van der Waals surface area contributed by atoms with Gasteiger partial charge in [-0.25, -0.2) is 4.39 Å². The predicted molar refractivity (Wildman–Crippen MR) is 165 cm³/mol. The second kappa shape index (κ2) is 13.6. The number of carbonyl (C=O) groups excluding carboxylic acids is 1. The number of carbonyl (C=O) groups is 2. The van der Waals surface area contributed by atoms with E-state index >= 15 is 4.39 Å². The van der Waals surface area contributed by atoms with Crippen molar-refractivity contribution in [2.75, 3.05) is 45.4 Å². The summed E-state index contributed by atoms with van der Waals surface area (Å²) in [5.74, 6) is -1.42. The number of aliphatic carboxylic acids is 1. The number of carboxylic acid groups (broad SMARTS) is 1. The van der Waals surface area contributed by atoms with Gasteiger partial charge in [0.2, 0.25) is 0 Å². The van der Waals surface area contributed by atoms with Crippen LogP contribution in [0.15, 0.2) is 18.2 Å². The van der Waals surface area contributed by atoms with Gasteiger partial charge in [-0.2, -0.15) is 5.26 Å². The molecular weight excluding hydrogens is 623 g/mol. The van der Waals surface area contributed by atoms with Gasteiger partial charge in [0, 0.05) is 37.2 Å². The van der Waals surface area contributed by atoms with Crippen LogP contribution in [0.2, 0.25) is 0 Å². The lowest BCUT2D eigenvalue weighted by Gasteiger charge is -2.30. The minimum Gasteiger partial charge on any atom is -0.493 e. The fraction of sp³-hybridized carbons (Fsp3) is 0.484. The van der Waals surface area contributed by atoms with Gasteiger partial charge in [-0.15, -0.1) is 17.0 Å². The van der Waals surface area contributed by atoms with Crippen molar-refractivity contribution in [1.82, 2.24) is 4.90 Å². The van der Waals surface area contributed by atoms with Crippen molar-refractivity contribution in [1.29, 1.82) is 10.7 Å². The van der Waals surface area contributed by atoms with Crippen molar-refractivity contribution in [3.63, 3.8) is 0 Å². The lowest BCUT2D eigenvalue weighted by Crippen LogP contribution is -2.31. The number of methoxy groups -OCH3 is 2. The maximum absolute atomic E-state index is 15.3. The van der Waals surface area contributed by atoms with Crippen LogP contribution < -0.4 is 19.1 Å². The Morgan fingerprint density at radius 1 is 1.19 bits per heavy atom. The molecule has 0 saturated carbocycles. The van der Waals surface area contributed by atoms with Gasteiger partial charge in [-0.1, -0.05) is 20.8 Å². The number of ketones is 1. The first-order chi connectivity index (χ1) is 19.9. The number of hydrogen-bond donors (Lipinski definition) is 2. The molecule has 2 N–H and O–H groups in total. The molecule has 0 spiro atoms. The molecule has 2 heterocycles. The zero-order chi connectivity index (χ0) is 30.8. The second-order valence-electron chi connectivity index (χ2n) is 11.6. The Kier molecular flexibility index (Phi) is 10.7. The summed E-state index contributed by atoms with van der Waals surface area (Å²) in [6.07, 6.45) is 0.975. The number of carboxylic acids is 1. The number of fused-ring (bicyclic) bond motifs is 1. The quantitative estimate of drug-likeness (QED) is 0.242. The second-order valence-corrected chi connectivity index (χ2v) is 11.6. The number of ether oxygens (including phenoxy) is 3. The number of anilines is 1. The highest BCUT2D eigenvalue weighted by molar-refractivity contribution is 8.93. The van der Waals surface area contributed by atoms with Crippen molar-refractivity contribution >= 4 is 40.3 Å². The molecule has 1 unspecified atom stereocenters. The van der Waals surface area contributed by atoms with Crippen molar-refractivity contribution in [2.45, 2.75) is 52.0 Å². The summed E-state index contributed by atoms with van der Waals surface area (Å²) in [6.45, 7) is 7.30. The Labute approximate surface area is 261 Å². The molecule has 0 aliphatic carbocycles. The summed E-state index contributed by atoms with van der Waals surface area (Å²) in [6, 6.07) is 7.49. The van der Waals surface area contributed by atoms with Gasteiger partial charge in [0.15, 0.2) is 23.1 Å². The largest absolute Gasteiger partial charge is 0.493 e. The molecule has 2 aliphatic rings. The van der Waals surface area contributed by atoms with E-state index in [4.69, 9.17) is 24.7 Å². The Morgan fingerprint density at radius 2 is 1.91 bits per heavy atom. The number of nitrogens with zero attached hydrogens (tertiary/aromatic N) is 3. The van der Waals surface area contributed by atoms with Crippen LogP contribution in [0.25, 0.3) is 0 Å². The first-order valence-electron chi connectivity index (χ1n) is 13.9. The fourth-order valence-electron chi connectivity index (χ4n) is 5.42. The first kappa shape index (κ1) is 33.6. The number of benzene rings is 2. The van der Waals surface area contributed by atoms with E-state index in [0.717, 1.165) is 5.56 Å². The monoisotopic (exact) mass is 660 g/mol. The van der Waals surface area contributed by atoms with Crippen LogP contribution in [0.3, 0.4) is 0 Å². The molecule has 0 bridgehead atoms. The molecule has 1 saturated heterocycles. The lowest BCUT2D eigenvalue weighted by atomic mass is 9.84. The summed E-state index contributed by atoms with van der Waals surface area (Å²) in [5.41, 5.74) is 2.05. The molecule has 10 nitrogen and oxygen atoms in total. The predicted octanol–water partition coefficient (Wildman–Crippen LogP) is 5.34. The number of Topliss-reactive ketones (excluding diaryl/α,β-unsaturated/α-hetero) is 1. The number of halogens is 2. The van der Waals surface area contributed by atoms with Crippen LogP contribution in [0.4, 0.5) is 10.1 Å². The van der Waals surface area contributed by atoms with Gasteiger partial charge in [0.1, 0.15) is 11.6 Å². The van der Waals surface area contributed by atoms with Crippen LogP contribution >= 0.6 is 17.0 Å². The van der Waals surface area contributed by atoms with Gasteiger partial charge < -0.3 is 29.1 Å². The Balaban J connectivity index is 0.00000506. The molecule has 2 aromatic rings. The number of nitrogens with one attached hydrogen (secondary N) is 1. The van der Waals surface area contributed by atoms with Gasteiger partial charge in [0.05, 0.1) is 50.6 Å². The Morgan fingerprint density at radius 3 is 2.49 bits per heavy atom. The third kappa shape index (κ3) is 7.04. The third-order valence-corrected chi connectivity index (χ3v) is 7.63. The SMILES string of the molecule is Br.COc1cc2c(c(F)c1OC)C(=N)N(CC(=O)c1cc(N3CCC(C#N)C3)c(OCCCC(=O)O)c(C(C)(C)C)c1)C2. The standard InChI is InChI=1S/C31H37FN4O6.BrH/c1-31(2,3)21-11-19(12-22(35-9-8-18(14-33)15-35)28(21)42-10-6-7-25(38)39)23(37)17-36-16-20-13-24(40-4)29(41-5)27(32)26(20)30(36)34;/h11-13,18,34H,6-10,15-17H2,1-5H3,(H,38,39);1H. The summed E-state index contributed by atoms with van der Waals surface area (Å²) < 4.78 is 31.9. The van der Waals surface area contributed by atoms with Gasteiger partial charge in [0.25, 0.3) is 0 Å². The van der Waals surface area contributed by atoms with E-state index in [9.17, 15) is 14.9 Å². The maximum Gasteiger partial charge on any atom is 0.303 e. The molecule has 232 valence electrons.